The van der Waals surface area contributed by atoms with Crippen molar-refractivity contribution in [3.63, 3.8) is 0 Å². The molecular formula is C15H21N3S. The zero-order valence-electron chi connectivity index (χ0n) is 12.0. The molecule has 0 amide bonds. The second kappa shape index (κ2) is 6.26. The van der Waals surface area contributed by atoms with Crippen molar-refractivity contribution in [3.05, 3.63) is 44.9 Å². The van der Waals surface area contributed by atoms with Crippen LogP contribution < -0.4 is 5.32 Å². The first-order chi connectivity index (χ1) is 9.15. The maximum atomic E-state index is 4.35. The average molecular weight is 275 g/mol. The highest BCUT2D eigenvalue weighted by atomic mass is 32.1. The fourth-order valence-electron chi connectivity index (χ4n) is 2.29. The van der Waals surface area contributed by atoms with Crippen molar-refractivity contribution in [2.75, 3.05) is 6.54 Å². The first-order valence-electron chi connectivity index (χ1n) is 6.77. The molecule has 0 radical (unpaired) electrons. The lowest BCUT2D eigenvalue weighted by Gasteiger charge is -2.19. The summed E-state index contributed by atoms with van der Waals surface area (Å²) in [6, 6.07) is 4.64. The monoisotopic (exact) mass is 275 g/mol. The highest BCUT2D eigenvalue weighted by molar-refractivity contribution is 7.10. The summed E-state index contributed by atoms with van der Waals surface area (Å²) < 4.78 is 0. The summed E-state index contributed by atoms with van der Waals surface area (Å²) in [5, 5.41) is 14.3. The average Bonchev–Trinajstić information content (AvgIpc) is 2.82. The van der Waals surface area contributed by atoms with Gasteiger partial charge in [0.15, 0.2) is 0 Å². The Morgan fingerprint density at radius 1 is 1.21 bits per heavy atom. The highest BCUT2D eigenvalue weighted by Gasteiger charge is 2.18. The van der Waals surface area contributed by atoms with E-state index in [1.165, 1.54) is 16.0 Å². The minimum absolute atomic E-state index is 0.221. The molecule has 0 aliphatic carbocycles. The van der Waals surface area contributed by atoms with Crippen LogP contribution in [0.15, 0.2) is 17.5 Å². The predicted octanol–water partition coefficient (Wildman–Crippen LogP) is 3.42. The Labute approximate surface area is 119 Å². The second-order valence-corrected chi connectivity index (χ2v) is 5.84. The number of hydrogen-bond acceptors (Lipinski definition) is 4. The molecule has 0 saturated carbocycles. The number of aryl methyl sites for hydroxylation is 3. The molecule has 0 aliphatic rings. The molecule has 102 valence electrons. The van der Waals surface area contributed by atoms with Gasteiger partial charge < -0.3 is 5.32 Å². The lowest BCUT2D eigenvalue weighted by Crippen LogP contribution is -2.23. The van der Waals surface area contributed by atoms with Crippen LogP contribution in [-0.4, -0.2) is 16.7 Å². The van der Waals surface area contributed by atoms with Crippen molar-refractivity contribution in [2.45, 2.75) is 40.2 Å². The maximum absolute atomic E-state index is 4.35. The maximum Gasteiger partial charge on any atom is 0.0679 e. The predicted molar refractivity (Wildman–Crippen MR) is 80.7 cm³/mol. The van der Waals surface area contributed by atoms with Gasteiger partial charge in [-0.25, -0.2) is 0 Å². The van der Waals surface area contributed by atoms with Gasteiger partial charge in [-0.05, 0) is 55.5 Å². The van der Waals surface area contributed by atoms with Crippen molar-refractivity contribution < 1.29 is 0 Å². The van der Waals surface area contributed by atoms with E-state index in [1.54, 1.807) is 11.3 Å². The second-order valence-electron chi connectivity index (χ2n) is 4.72. The highest BCUT2D eigenvalue weighted by Crippen LogP contribution is 2.28. The number of nitrogens with zero attached hydrogens (tertiary/aromatic N) is 2. The van der Waals surface area contributed by atoms with Gasteiger partial charge in [-0.1, -0.05) is 13.8 Å². The van der Waals surface area contributed by atoms with E-state index in [0.717, 1.165) is 24.4 Å². The van der Waals surface area contributed by atoms with E-state index in [9.17, 15) is 0 Å². The zero-order chi connectivity index (χ0) is 13.8. The molecule has 2 rings (SSSR count). The van der Waals surface area contributed by atoms with Crippen LogP contribution in [0.5, 0.6) is 0 Å². The quantitative estimate of drug-likeness (QED) is 0.908. The van der Waals surface area contributed by atoms with Crippen LogP contribution in [-0.2, 0) is 6.42 Å². The Morgan fingerprint density at radius 2 is 2.00 bits per heavy atom. The van der Waals surface area contributed by atoms with Gasteiger partial charge in [-0.2, -0.15) is 10.2 Å². The molecule has 2 aromatic rings. The smallest absolute Gasteiger partial charge is 0.0679 e. The Balaban J connectivity index is 2.46. The summed E-state index contributed by atoms with van der Waals surface area (Å²) >= 11 is 1.79. The fourth-order valence-corrected chi connectivity index (χ4v) is 3.02. The van der Waals surface area contributed by atoms with Gasteiger partial charge >= 0.3 is 0 Å². The largest absolute Gasteiger partial charge is 0.306 e. The van der Waals surface area contributed by atoms with Crippen molar-refractivity contribution in [2.24, 2.45) is 0 Å². The Bertz CT molecular complexity index is 548. The molecule has 0 fully saturated rings. The number of aromatic nitrogens is 2. The third-order valence-electron chi connectivity index (χ3n) is 3.16. The molecule has 2 heterocycles. The van der Waals surface area contributed by atoms with Gasteiger partial charge in [0.2, 0.25) is 0 Å². The van der Waals surface area contributed by atoms with E-state index < -0.39 is 0 Å². The Hall–Kier alpha value is -1.26. The zero-order valence-corrected chi connectivity index (χ0v) is 12.8. The number of hydrogen-bond donors (Lipinski definition) is 1. The first-order valence-corrected chi connectivity index (χ1v) is 7.65. The summed E-state index contributed by atoms with van der Waals surface area (Å²) in [6.07, 6.45) is 0.910. The normalized spacial score (nSPS) is 12.6. The van der Waals surface area contributed by atoms with E-state index in [-0.39, 0.29) is 6.04 Å². The van der Waals surface area contributed by atoms with Crippen molar-refractivity contribution in [3.8, 4) is 0 Å². The molecule has 0 aliphatic heterocycles. The van der Waals surface area contributed by atoms with Gasteiger partial charge in [0, 0.05) is 4.88 Å². The lowest BCUT2D eigenvalue weighted by molar-refractivity contribution is 0.618. The minimum Gasteiger partial charge on any atom is -0.306 e. The molecule has 4 heteroatoms. The molecule has 1 N–H and O–H groups in total. The first kappa shape index (κ1) is 14.2. The molecule has 3 nitrogen and oxygen atoms in total. The van der Waals surface area contributed by atoms with E-state index in [2.05, 4.69) is 53.8 Å². The fraction of sp³-hybridized carbons (Fsp3) is 0.467. The van der Waals surface area contributed by atoms with E-state index in [1.807, 2.05) is 6.92 Å². The molecule has 0 bridgehead atoms. The SMILES string of the molecule is CCNC(c1csc(C)c1)c1cc(C)nnc1CC. The summed E-state index contributed by atoms with van der Waals surface area (Å²) in [5.41, 5.74) is 4.64. The van der Waals surface area contributed by atoms with E-state index in [4.69, 9.17) is 0 Å². The van der Waals surface area contributed by atoms with Crippen molar-refractivity contribution in [1.29, 1.82) is 0 Å². The molecular weight excluding hydrogens is 254 g/mol. The third-order valence-corrected chi connectivity index (χ3v) is 4.04. The van der Waals surface area contributed by atoms with Gasteiger partial charge in [0.05, 0.1) is 17.4 Å². The molecule has 0 saturated heterocycles. The van der Waals surface area contributed by atoms with Crippen LogP contribution in [0.1, 0.15) is 47.3 Å². The molecule has 19 heavy (non-hydrogen) atoms. The standard InChI is InChI=1S/C15H21N3S/c1-5-14-13(7-10(3)17-18-14)15(16-6-2)12-8-11(4)19-9-12/h7-9,15-16H,5-6H2,1-4H3. The molecule has 1 atom stereocenters. The van der Waals surface area contributed by atoms with E-state index in [0.29, 0.717) is 0 Å². The van der Waals surface area contributed by atoms with Crippen LogP contribution >= 0.6 is 11.3 Å². The van der Waals surface area contributed by atoms with Crippen LogP contribution in [0.4, 0.5) is 0 Å². The summed E-state index contributed by atoms with van der Waals surface area (Å²) in [5.74, 6) is 0. The minimum atomic E-state index is 0.221. The lowest BCUT2D eigenvalue weighted by atomic mass is 9.98. The van der Waals surface area contributed by atoms with E-state index >= 15 is 0 Å². The summed E-state index contributed by atoms with van der Waals surface area (Å²) in [7, 11) is 0. The Morgan fingerprint density at radius 3 is 2.58 bits per heavy atom. The van der Waals surface area contributed by atoms with Crippen LogP contribution in [0.3, 0.4) is 0 Å². The van der Waals surface area contributed by atoms with Gasteiger partial charge in [0.1, 0.15) is 0 Å². The molecule has 0 spiro atoms. The van der Waals surface area contributed by atoms with Crippen LogP contribution in [0, 0.1) is 13.8 Å². The van der Waals surface area contributed by atoms with Gasteiger partial charge in [0.25, 0.3) is 0 Å². The number of thiophene rings is 1. The number of nitrogens with one attached hydrogen (secondary N) is 1. The topological polar surface area (TPSA) is 37.8 Å². The van der Waals surface area contributed by atoms with Crippen molar-refractivity contribution >= 4 is 11.3 Å². The molecule has 0 aromatic carbocycles. The molecule has 2 aromatic heterocycles. The van der Waals surface area contributed by atoms with Gasteiger partial charge in [-0.15, -0.1) is 11.3 Å². The van der Waals surface area contributed by atoms with Crippen LogP contribution in [0.2, 0.25) is 0 Å². The summed E-state index contributed by atoms with van der Waals surface area (Å²) in [6.45, 7) is 9.35. The van der Waals surface area contributed by atoms with Crippen molar-refractivity contribution in [1.82, 2.24) is 15.5 Å². The Kier molecular flexibility index (Phi) is 4.66. The van der Waals surface area contributed by atoms with Gasteiger partial charge in [-0.3, -0.25) is 0 Å². The number of rotatable bonds is 5. The third kappa shape index (κ3) is 3.19. The summed E-state index contributed by atoms with van der Waals surface area (Å²) in [4.78, 5) is 1.34. The molecule has 1 unspecified atom stereocenters. The van der Waals surface area contributed by atoms with Crippen LogP contribution in [0.25, 0.3) is 0 Å².